The minimum atomic E-state index is -3.65. The lowest BCUT2D eigenvalue weighted by Crippen LogP contribution is -2.48. The Morgan fingerprint density at radius 2 is 1.54 bits per heavy atom. The van der Waals surface area contributed by atoms with E-state index in [0.717, 1.165) is 16.8 Å². The molecule has 35 heavy (non-hydrogen) atoms. The van der Waals surface area contributed by atoms with Crippen LogP contribution in [0.25, 0.3) is 0 Å². The number of rotatable bonds is 8. The number of halogens is 1. The minimum absolute atomic E-state index is 0.0822. The van der Waals surface area contributed by atoms with E-state index in [4.69, 9.17) is 0 Å². The molecule has 1 heterocycles. The monoisotopic (exact) mass is 495 g/mol. The maximum Gasteiger partial charge on any atom is 0.241 e. The highest BCUT2D eigenvalue weighted by atomic mass is 32.2. The largest absolute Gasteiger partial charge is 0.368 e. The number of nitrogens with zero attached hydrogens (tertiary/aromatic N) is 2. The Balaban J connectivity index is 1.26. The van der Waals surface area contributed by atoms with Gasteiger partial charge in [0.05, 0.1) is 4.90 Å². The van der Waals surface area contributed by atoms with Gasteiger partial charge in [-0.3, -0.25) is 4.79 Å². The first-order valence-corrected chi connectivity index (χ1v) is 13.2. The van der Waals surface area contributed by atoms with Gasteiger partial charge in [-0.1, -0.05) is 42.5 Å². The van der Waals surface area contributed by atoms with Crippen LogP contribution in [0.4, 0.5) is 10.1 Å². The molecule has 1 aliphatic rings. The van der Waals surface area contributed by atoms with Gasteiger partial charge in [-0.15, -0.1) is 0 Å². The highest BCUT2D eigenvalue weighted by Crippen LogP contribution is 2.19. The number of hydrogen-bond donors (Lipinski definition) is 1. The zero-order chi connectivity index (χ0) is 24.8. The first kappa shape index (κ1) is 24.9. The number of carbonyl (C=O) groups is 1. The molecular formula is C27H30FN3O3S. The molecular weight excluding hydrogens is 465 g/mol. The summed E-state index contributed by atoms with van der Waals surface area (Å²) in [6.07, 6.45) is 0.914. The van der Waals surface area contributed by atoms with Crippen molar-refractivity contribution in [2.75, 3.05) is 31.1 Å². The van der Waals surface area contributed by atoms with E-state index in [1.807, 2.05) is 42.2 Å². The van der Waals surface area contributed by atoms with Crippen LogP contribution < -0.4 is 9.62 Å². The molecule has 0 radical (unpaired) electrons. The molecule has 0 aromatic heterocycles. The maximum absolute atomic E-state index is 13.1. The van der Waals surface area contributed by atoms with Crippen LogP contribution in [0.1, 0.15) is 30.5 Å². The van der Waals surface area contributed by atoms with Crippen molar-refractivity contribution in [3.8, 4) is 0 Å². The Kier molecular flexibility index (Phi) is 7.83. The van der Waals surface area contributed by atoms with Crippen molar-refractivity contribution in [3.05, 3.63) is 95.8 Å². The van der Waals surface area contributed by atoms with Gasteiger partial charge in [-0.2, -0.15) is 0 Å². The Labute approximate surface area is 206 Å². The topological polar surface area (TPSA) is 69.7 Å². The highest BCUT2D eigenvalue weighted by molar-refractivity contribution is 7.89. The summed E-state index contributed by atoms with van der Waals surface area (Å²) in [7, 11) is -3.65. The molecule has 0 saturated carbocycles. The van der Waals surface area contributed by atoms with E-state index >= 15 is 0 Å². The summed E-state index contributed by atoms with van der Waals surface area (Å²) in [4.78, 5) is 16.9. The second-order valence-corrected chi connectivity index (χ2v) is 10.5. The number of nitrogens with one attached hydrogen (secondary N) is 1. The quantitative estimate of drug-likeness (QED) is 0.510. The summed E-state index contributed by atoms with van der Waals surface area (Å²) in [5.74, 6) is -0.176. The fraction of sp³-hybridized carbons (Fsp3) is 0.296. The second-order valence-electron chi connectivity index (χ2n) is 8.74. The number of aryl methyl sites for hydroxylation is 1. The van der Waals surface area contributed by atoms with Crippen molar-refractivity contribution in [2.45, 2.75) is 30.7 Å². The lowest BCUT2D eigenvalue weighted by atomic mass is 10.1. The standard InChI is InChI=1S/C27H30FN3O3S/c1-21(23-5-3-2-4-6-23)29-35(33,34)26-14-7-22(8-15-26)9-16-27(32)31-19-17-30(18-20-31)25-12-10-24(28)11-13-25/h2-8,10-15,21,29H,9,16-20H2,1H3/t21-/m0/s1. The van der Waals surface area contributed by atoms with Gasteiger partial charge in [0.1, 0.15) is 5.82 Å². The van der Waals surface area contributed by atoms with Gasteiger partial charge < -0.3 is 9.80 Å². The van der Waals surface area contributed by atoms with E-state index in [0.29, 0.717) is 39.0 Å². The minimum Gasteiger partial charge on any atom is -0.368 e. The molecule has 0 spiro atoms. The average molecular weight is 496 g/mol. The lowest BCUT2D eigenvalue weighted by Gasteiger charge is -2.36. The number of piperazine rings is 1. The predicted octanol–water partition coefficient (Wildman–Crippen LogP) is 4.15. The van der Waals surface area contributed by atoms with Crippen molar-refractivity contribution < 1.29 is 17.6 Å². The highest BCUT2D eigenvalue weighted by Gasteiger charge is 2.22. The van der Waals surface area contributed by atoms with Crippen LogP contribution in [0.15, 0.2) is 83.8 Å². The molecule has 3 aromatic rings. The molecule has 0 unspecified atom stereocenters. The fourth-order valence-electron chi connectivity index (χ4n) is 4.22. The van der Waals surface area contributed by atoms with Crippen LogP contribution in [0, 0.1) is 5.82 Å². The molecule has 184 valence electrons. The zero-order valence-corrected chi connectivity index (χ0v) is 20.5. The number of amides is 1. The summed E-state index contributed by atoms with van der Waals surface area (Å²) in [6, 6.07) is 22.2. The summed E-state index contributed by atoms with van der Waals surface area (Å²) < 4.78 is 41.3. The molecule has 6 nitrogen and oxygen atoms in total. The van der Waals surface area contributed by atoms with Gasteiger partial charge in [0.2, 0.25) is 15.9 Å². The average Bonchev–Trinajstić information content (AvgIpc) is 2.88. The Bertz CT molecular complexity index is 1220. The maximum atomic E-state index is 13.1. The third kappa shape index (κ3) is 6.46. The molecule has 1 N–H and O–H groups in total. The summed E-state index contributed by atoms with van der Waals surface area (Å²) >= 11 is 0. The molecule has 1 fully saturated rings. The number of benzene rings is 3. The summed E-state index contributed by atoms with van der Waals surface area (Å²) in [5, 5.41) is 0. The van der Waals surface area contributed by atoms with Crippen molar-refractivity contribution >= 4 is 21.6 Å². The lowest BCUT2D eigenvalue weighted by molar-refractivity contribution is -0.131. The van der Waals surface area contributed by atoms with Crippen molar-refractivity contribution in [2.24, 2.45) is 0 Å². The first-order chi connectivity index (χ1) is 16.8. The number of sulfonamides is 1. The van der Waals surface area contributed by atoms with Gasteiger partial charge in [0.25, 0.3) is 0 Å². The SMILES string of the molecule is C[C@H](NS(=O)(=O)c1ccc(CCC(=O)N2CCN(c3ccc(F)cc3)CC2)cc1)c1ccccc1. The molecule has 1 amide bonds. The van der Waals surface area contributed by atoms with Gasteiger partial charge in [0, 0.05) is 44.3 Å². The van der Waals surface area contributed by atoms with Crippen LogP contribution in [0.2, 0.25) is 0 Å². The Hall–Kier alpha value is -3.23. The van der Waals surface area contributed by atoms with Crippen LogP contribution in [-0.2, 0) is 21.2 Å². The van der Waals surface area contributed by atoms with Gasteiger partial charge in [-0.05, 0) is 60.9 Å². The molecule has 8 heteroatoms. The van der Waals surface area contributed by atoms with Crippen LogP contribution >= 0.6 is 0 Å². The smallest absolute Gasteiger partial charge is 0.241 e. The van der Waals surface area contributed by atoms with Crippen LogP contribution in [0.5, 0.6) is 0 Å². The second kappa shape index (κ2) is 11.0. The van der Waals surface area contributed by atoms with E-state index in [1.165, 1.54) is 12.1 Å². The molecule has 1 saturated heterocycles. The molecule has 4 rings (SSSR count). The van der Waals surface area contributed by atoms with Crippen LogP contribution in [-0.4, -0.2) is 45.4 Å². The van der Waals surface area contributed by atoms with E-state index < -0.39 is 10.0 Å². The van der Waals surface area contributed by atoms with Crippen molar-refractivity contribution in [1.82, 2.24) is 9.62 Å². The third-order valence-corrected chi connectivity index (χ3v) is 7.87. The van der Waals surface area contributed by atoms with Gasteiger partial charge >= 0.3 is 0 Å². The third-order valence-electron chi connectivity index (χ3n) is 6.32. The van der Waals surface area contributed by atoms with Crippen molar-refractivity contribution in [1.29, 1.82) is 0 Å². The Morgan fingerprint density at radius 1 is 0.914 bits per heavy atom. The summed E-state index contributed by atoms with van der Waals surface area (Å²) in [6.45, 7) is 4.47. The predicted molar refractivity (Wildman–Crippen MR) is 135 cm³/mol. The van der Waals surface area contributed by atoms with Crippen LogP contribution in [0.3, 0.4) is 0 Å². The fourth-order valence-corrected chi connectivity index (χ4v) is 5.45. The zero-order valence-electron chi connectivity index (χ0n) is 19.7. The van der Waals surface area contributed by atoms with E-state index in [-0.39, 0.29) is 22.7 Å². The molecule has 1 aliphatic heterocycles. The number of anilines is 1. The van der Waals surface area contributed by atoms with E-state index in [1.54, 1.807) is 36.4 Å². The molecule has 0 bridgehead atoms. The normalized spacial score (nSPS) is 15.1. The van der Waals surface area contributed by atoms with E-state index in [9.17, 15) is 17.6 Å². The van der Waals surface area contributed by atoms with Crippen molar-refractivity contribution in [3.63, 3.8) is 0 Å². The Morgan fingerprint density at radius 3 is 2.17 bits per heavy atom. The number of hydrogen-bond acceptors (Lipinski definition) is 4. The molecule has 0 aliphatic carbocycles. The first-order valence-electron chi connectivity index (χ1n) is 11.8. The van der Waals surface area contributed by atoms with E-state index in [2.05, 4.69) is 9.62 Å². The van der Waals surface area contributed by atoms with Gasteiger partial charge in [-0.25, -0.2) is 17.5 Å². The number of carbonyl (C=O) groups excluding carboxylic acids is 1. The van der Waals surface area contributed by atoms with Gasteiger partial charge in [0.15, 0.2) is 0 Å². The summed E-state index contributed by atoms with van der Waals surface area (Å²) in [5.41, 5.74) is 2.77. The molecule has 1 atom stereocenters. The molecule has 3 aromatic carbocycles.